The van der Waals surface area contributed by atoms with Crippen LogP contribution < -0.4 is 9.47 Å². The third-order valence-electron chi connectivity index (χ3n) is 4.94. The fraction of sp³-hybridized carbons (Fsp3) is 0.304. The Balaban J connectivity index is 1.45. The summed E-state index contributed by atoms with van der Waals surface area (Å²) >= 11 is 0. The number of hydrogen-bond acceptors (Lipinski definition) is 2. The third-order valence-corrected chi connectivity index (χ3v) is 4.94. The summed E-state index contributed by atoms with van der Waals surface area (Å²) in [6.45, 7) is 4.95. The van der Waals surface area contributed by atoms with Gasteiger partial charge < -0.3 is 9.47 Å². The highest BCUT2D eigenvalue weighted by Crippen LogP contribution is 2.35. The Morgan fingerprint density at radius 1 is 1.00 bits per heavy atom. The van der Waals surface area contributed by atoms with Crippen molar-refractivity contribution in [2.24, 2.45) is 0 Å². The first-order chi connectivity index (χ1) is 12.1. The number of rotatable bonds is 4. The molecule has 0 saturated heterocycles. The monoisotopic (exact) mass is 332 g/mol. The van der Waals surface area contributed by atoms with Crippen molar-refractivity contribution in [2.75, 3.05) is 6.61 Å². The van der Waals surface area contributed by atoms with Crippen LogP contribution in [0.1, 0.15) is 31.4 Å². The summed E-state index contributed by atoms with van der Waals surface area (Å²) in [5, 5.41) is 2.59. The fourth-order valence-electron chi connectivity index (χ4n) is 3.50. The minimum absolute atomic E-state index is 0.0887. The highest BCUT2D eigenvalue weighted by molar-refractivity contribution is 5.85. The van der Waals surface area contributed by atoms with Gasteiger partial charge in [-0.25, -0.2) is 0 Å². The zero-order valence-electron chi connectivity index (χ0n) is 14.9. The van der Waals surface area contributed by atoms with Crippen LogP contribution in [0, 0.1) is 0 Å². The smallest absolute Gasteiger partial charge is 0.126 e. The third kappa shape index (κ3) is 3.48. The van der Waals surface area contributed by atoms with Crippen LogP contribution in [-0.2, 0) is 12.8 Å². The normalized spacial score (nSPS) is 15.4. The van der Waals surface area contributed by atoms with Crippen molar-refractivity contribution >= 4 is 10.8 Å². The molecule has 0 amide bonds. The average molecular weight is 332 g/mol. The first kappa shape index (κ1) is 16.0. The molecule has 25 heavy (non-hydrogen) atoms. The molecule has 0 N–H and O–H groups in total. The second-order valence-corrected chi connectivity index (χ2v) is 7.37. The van der Waals surface area contributed by atoms with E-state index in [2.05, 4.69) is 68.4 Å². The maximum Gasteiger partial charge on any atom is 0.126 e. The minimum Gasteiger partial charge on any atom is -0.493 e. The van der Waals surface area contributed by atoms with Gasteiger partial charge in [0.05, 0.1) is 6.61 Å². The van der Waals surface area contributed by atoms with Crippen LogP contribution in [0.4, 0.5) is 0 Å². The Hall–Kier alpha value is -2.48. The maximum atomic E-state index is 6.10. The first-order valence-electron chi connectivity index (χ1n) is 9.02. The van der Waals surface area contributed by atoms with Gasteiger partial charge in [0.2, 0.25) is 0 Å². The predicted molar refractivity (Wildman–Crippen MR) is 103 cm³/mol. The van der Waals surface area contributed by atoms with Crippen LogP contribution in [0.2, 0.25) is 0 Å². The maximum absolute atomic E-state index is 6.10. The fourth-order valence-corrected chi connectivity index (χ4v) is 3.50. The molecule has 128 valence electrons. The summed E-state index contributed by atoms with van der Waals surface area (Å²) in [7, 11) is 0. The molecule has 3 aromatic rings. The van der Waals surface area contributed by atoms with Gasteiger partial charge in [0.25, 0.3) is 0 Å². The van der Waals surface area contributed by atoms with Gasteiger partial charge in [-0.05, 0) is 54.7 Å². The van der Waals surface area contributed by atoms with Crippen molar-refractivity contribution < 1.29 is 9.47 Å². The molecule has 0 bridgehead atoms. The lowest BCUT2D eigenvalue weighted by atomic mass is 9.94. The number of ether oxygens (including phenoxy) is 2. The van der Waals surface area contributed by atoms with E-state index < -0.39 is 0 Å². The van der Waals surface area contributed by atoms with Crippen LogP contribution in [-0.4, -0.2) is 12.2 Å². The SMILES string of the molecule is CC1(C)CCc2ccc(OCCc3cccc4ccccc34)cc2O1. The minimum atomic E-state index is -0.0887. The van der Waals surface area contributed by atoms with Gasteiger partial charge in [-0.15, -0.1) is 0 Å². The molecule has 2 nitrogen and oxygen atoms in total. The molecule has 1 aliphatic heterocycles. The van der Waals surface area contributed by atoms with Gasteiger partial charge in [-0.1, -0.05) is 48.5 Å². The van der Waals surface area contributed by atoms with E-state index in [1.165, 1.54) is 21.9 Å². The highest BCUT2D eigenvalue weighted by atomic mass is 16.5. The van der Waals surface area contributed by atoms with Gasteiger partial charge in [0.15, 0.2) is 0 Å². The molecule has 0 saturated carbocycles. The second-order valence-electron chi connectivity index (χ2n) is 7.37. The Morgan fingerprint density at radius 3 is 2.76 bits per heavy atom. The van der Waals surface area contributed by atoms with E-state index in [0.29, 0.717) is 6.61 Å². The first-order valence-corrected chi connectivity index (χ1v) is 9.02. The van der Waals surface area contributed by atoms with Crippen LogP contribution >= 0.6 is 0 Å². The van der Waals surface area contributed by atoms with Crippen LogP contribution in [0.5, 0.6) is 11.5 Å². The summed E-state index contributed by atoms with van der Waals surface area (Å²) in [6.07, 6.45) is 3.02. The molecule has 1 heterocycles. The van der Waals surface area contributed by atoms with Crippen molar-refractivity contribution in [3.05, 3.63) is 71.8 Å². The topological polar surface area (TPSA) is 18.5 Å². The summed E-state index contributed by atoms with van der Waals surface area (Å²) < 4.78 is 12.1. The van der Waals surface area contributed by atoms with Gasteiger partial charge in [0.1, 0.15) is 17.1 Å². The molecule has 3 aromatic carbocycles. The Morgan fingerprint density at radius 2 is 1.84 bits per heavy atom. The summed E-state index contributed by atoms with van der Waals surface area (Å²) in [4.78, 5) is 0. The van der Waals surface area contributed by atoms with E-state index in [1.807, 2.05) is 6.07 Å². The van der Waals surface area contributed by atoms with E-state index in [0.717, 1.165) is 30.8 Å². The highest BCUT2D eigenvalue weighted by Gasteiger charge is 2.26. The van der Waals surface area contributed by atoms with E-state index in [1.54, 1.807) is 0 Å². The van der Waals surface area contributed by atoms with Crippen molar-refractivity contribution in [3.63, 3.8) is 0 Å². The largest absolute Gasteiger partial charge is 0.493 e. The summed E-state index contributed by atoms with van der Waals surface area (Å²) in [5.41, 5.74) is 2.52. The van der Waals surface area contributed by atoms with Gasteiger partial charge in [-0.3, -0.25) is 0 Å². The van der Waals surface area contributed by atoms with E-state index >= 15 is 0 Å². The van der Waals surface area contributed by atoms with Crippen LogP contribution in [0.3, 0.4) is 0 Å². The second kappa shape index (κ2) is 6.44. The van der Waals surface area contributed by atoms with E-state index in [-0.39, 0.29) is 5.60 Å². The van der Waals surface area contributed by atoms with Crippen molar-refractivity contribution in [1.29, 1.82) is 0 Å². The van der Waals surface area contributed by atoms with Gasteiger partial charge in [0, 0.05) is 12.5 Å². The zero-order chi connectivity index (χ0) is 17.3. The molecule has 2 heteroatoms. The molecule has 1 aliphatic rings. The Labute approximate surface area is 149 Å². The van der Waals surface area contributed by atoms with Gasteiger partial charge >= 0.3 is 0 Å². The van der Waals surface area contributed by atoms with Crippen molar-refractivity contribution in [1.82, 2.24) is 0 Å². The zero-order valence-corrected chi connectivity index (χ0v) is 14.9. The standard InChI is InChI=1S/C23H24O2/c1-23(2)14-12-19-10-11-20(16-22(19)25-23)24-15-13-18-8-5-7-17-6-3-4-9-21(17)18/h3-11,16H,12-15H2,1-2H3. The Bertz CT molecular complexity index is 890. The van der Waals surface area contributed by atoms with Crippen molar-refractivity contribution in [3.8, 4) is 11.5 Å². The summed E-state index contributed by atoms with van der Waals surface area (Å²) in [6, 6.07) is 21.2. The van der Waals surface area contributed by atoms with E-state index in [4.69, 9.17) is 9.47 Å². The van der Waals surface area contributed by atoms with Crippen molar-refractivity contribution in [2.45, 2.75) is 38.7 Å². The number of benzene rings is 3. The number of hydrogen-bond donors (Lipinski definition) is 0. The molecule has 0 fully saturated rings. The number of fused-ring (bicyclic) bond motifs is 2. The molecule has 0 radical (unpaired) electrons. The molecule has 0 aromatic heterocycles. The summed E-state index contributed by atoms with van der Waals surface area (Å²) in [5.74, 6) is 1.86. The molecule has 0 unspecified atom stereocenters. The molecular weight excluding hydrogens is 308 g/mol. The lowest BCUT2D eigenvalue weighted by Crippen LogP contribution is -2.32. The molecule has 0 aliphatic carbocycles. The molecular formula is C23H24O2. The Kier molecular flexibility index (Phi) is 4.12. The van der Waals surface area contributed by atoms with Crippen LogP contribution in [0.15, 0.2) is 60.7 Å². The molecule has 0 atom stereocenters. The van der Waals surface area contributed by atoms with Gasteiger partial charge in [-0.2, -0.15) is 0 Å². The van der Waals surface area contributed by atoms with Crippen LogP contribution in [0.25, 0.3) is 10.8 Å². The molecule has 4 rings (SSSR count). The predicted octanol–water partition coefficient (Wildman–Crippen LogP) is 5.56. The average Bonchev–Trinajstić information content (AvgIpc) is 2.61. The van der Waals surface area contributed by atoms with E-state index in [9.17, 15) is 0 Å². The number of aryl methyl sites for hydroxylation is 1. The lowest BCUT2D eigenvalue weighted by molar-refractivity contribution is 0.0842. The molecule has 0 spiro atoms. The quantitative estimate of drug-likeness (QED) is 0.622. The lowest BCUT2D eigenvalue weighted by Gasteiger charge is -2.32.